The Morgan fingerprint density at radius 3 is 2.68 bits per heavy atom. The largest absolute Gasteiger partial charge is 0.487 e. The predicted octanol–water partition coefficient (Wildman–Crippen LogP) is 3.88. The van der Waals surface area contributed by atoms with E-state index in [4.69, 9.17) is 4.74 Å². The molecule has 0 aliphatic rings. The number of thiazole rings is 2. The van der Waals surface area contributed by atoms with Crippen molar-refractivity contribution in [2.24, 2.45) is 0 Å². The molecule has 4 aromatic rings. The zero-order valence-corrected chi connectivity index (χ0v) is 18.6. The molecule has 31 heavy (non-hydrogen) atoms. The lowest BCUT2D eigenvalue weighted by Gasteiger charge is -2.06. The number of rotatable bonds is 7. The van der Waals surface area contributed by atoms with Gasteiger partial charge in [-0.25, -0.2) is 9.97 Å². The van der Waals surface area contributed by atoms with Crippen LogP contribution in [0.5, 0.6) is 5.75 Å². The van der Waals surface area contributed by atoms with Gasteiger partial charge in [-0.1, -0.05) is 41.7 Å². The van der Waals surface area contributed by atoms with Crippen molar-refractivity contribution in [1.29, 1.82) is 0 Å². The summed E-state index contributed by atoms with van der Waals surface area (Å²) in [5.41, 5.74) is 2.14. The number of carbonyl (C=O) groups is 1. The number of aromatic nitrogens is 3. The highest BCUT2D eigenvalue weighted by Crippen LogP contribution is 2.21. The van der Waals surface area contributed by atoms with Crippen LogP contribution in [0.4, 0.5) is 0 Å². The van der Waals surface area contributed by atoms with Crippen LogP contribution in [0.25, 0.3) is 5.13 Å². The summed E-state index contributed by atoms with van der Waals surface area (Å²) in [5, 5.41) is 6.24. The third-order valence-electron chi connectivity index (χ3n) is 4.44. The number of hydrogen-bond acceptors (Lipinski definition) is 7. The monoisotopic (exact) mass is 452 g/mol. The predicted molar refractivity (Wildman–Crippen MR) is 121 cm³/mol. The van der Waals surface area contributed by atoms with Crippen LogP contribution in [0.3, 0.4) is 0 Å². The molecular formula is C22H20N4O3S2. The van der Waals surface area contributed by atoms with Crippen LogP contribution in [0.1, 0.15) is 31.6 Å². The highest BCUT2D eigenvalue weighted by atomic mass is 32.1. The minimum absolute atomic E-state index is 0.211. The summed E-state index contributed by atoms with van der Waals surface area (Å²) in [6.45, 7) is 4.42. The number of ether oxygens (including phenoxy) is 1. The normalized spacial score (nSPS) is 10.8. The van der Waals surface area contributed by atoms with Crippen molar-refractivity contribution >= 4 is 28.6 Å². The van der Waals surface area contributed by atoms with E-state index < -0.39 is 0 Å². The van der Waals surface area contributed by atoms with Crippen LogP contribution in [-0.2, 0) is 13.2 Å². The summed E-state index contributed by atoms with van der Waals surface area (Å²) >= 11 is 2.73. The summed E-state index contributed by atoms with van der Waals surface area (Å²) in [7, 11) is 0. The van der Waals surface area contributed by atoms with Gasteiger partial charge in [0.15, 0.2) is 5.13 Å². The Hall–Kier alpha value is -3.30. The van der Waals surface area contributed by atoms with E-state index in [1.807, 2.05) is 42.6 Å². The lowest BCUT2D eigenvalue weighted by molar-refractivity contribution is 0.0954. The fourth-order valence-electron chi connectivity index (χ4n) is 2.89. The number of nitrogens with zero attached hydrogens (tertiary/aromatic N) is 3. The molecule has 9 heteroatoms. The first-order chi connectivity index (χ1) is 15.0. The summed E-state index contributed by atoms with van der Waals surface area (Å²) < 4.78 is 7.08. The molecule has 158 valence electrons. The maximum absolute atomic E-state index is 12.6. The zero-order valence-electron chi connectivity index (χ0n) is 17.0. The van der Waals surface area contributed by atoms with Crippen LogP contribution in [-0.4, -0.2) is 20.4 Å². The van der Waals surface area contributed by atoms with Gasteiger partial charge in [-0.15, -0.1) is 11.3 Å². The van der Waals surface area contributed by atoms with Crippen molar-refractivity contribution in [2.45, 2.75) is 27.0 Å². The minimum atomic E-state index is -0.281. The second kappa shape index (κ2) is 9.23. The Morgan fingerprint density at radius 2 is 1.97 bits per heavy atom. The highest BCUT2D eigenvalue weighted by molar-refractivity contribution is 7.16. The van der Waals surface area contributed by atoms with E-state index in [-0.39, 0.29) is 11.5 Å². The summed E-state index contributed by atoms with van der Waals surface area (Å²) in [4.78, 5) is 34.4. The van der Waals surface area contributed by atoms with Gasteiger partial charge in [-0.2, -0.15) is 0 Å². The standard InChI is InChI=1S/C22H20N4O3S2/c1-14-20(21(28)23-11-16-6-4-3-5-7-16)31-22(24-14)26-9-8-18(10-19(26)27)29-12-17-13-30-15(2)25-17/h3-10,13H,11-12H2,1-2H3,(H,23,28). The Bertz CT molecular complexity index is 1260. The molecule has 4 rings (SSSR count). The van der Waals surface area contributed by atoms with Gasteiger partial charge in [0.25, 0.3) is 11.5 Å². The quantitative estimate of drug-likeness (QED) is 0.460. The van der Waals surface area contributed by atoms with Crippen LogP contribution >= 0.6 is 22.7 Å². The molecule has 1 N–H and O–H groups in total. The SMILES string of the molecule is Cc1nc(COc2ccn(-c3nc(C)c(C(=O)NCc4ccccc4)s3)c(=O)c2)cs1. The lowest BCUT2D eigenvalue weighted by Crippen LogP contribution is -2.22. The van der Waals surface area contributed by atoms with Crippen LogP contribution in [0.15, 0.2) is 58.8 Å². The number of pyridine rings is 1. The fraction of sp³-hybridized carbons (Fsp3) is 0.182. The molecule has 0 aliphatic carbocycles. The van der Waals surface area contributed by atoms with Gasteiger partial charge < -0.3 is 10.1 Å². The smallest absolute Gasteiger partial charge is 0.263 e. The van der Waals surface area contributed by atoms with E-state index in [0.29, 0.717) is 34.6 Å². The number of nitrogens with one attached hydrogen (secondary N) is 1. The van der Waals surface area contributed by atoms with Gasteiger partial charge in [0, 0.05) is 24.2 Å². The van der Waals surface area contributed by atoms with Crippen LogP contribution in [0, 0.1) is 13.8 Å². The van der Waals surface area contributed by atoms with E-state index in [0.717, 1.165) is 16.3 Å². The average molecular weight is 453 g/mol. The van der Waals surface area contributed by atoms with Gasteiger partial charge in [-0.3, -0.25) is 14.2 Å². The number of benzene rings is 1. The minimum Gasteiger partial charge on any atom is -0.487 e. The van der Waals surface area contributed by atoms with Crippen molar-refractivity contribution in [3.8, 4) is 10.9 Å². The maximum Gasteiger partial charge on any atom is 0.263 e. The highest BCUT2D eigenvalue weighted by Gasteiger charge is 2.17. The van der Waals surface area contributed by atoms with E-state index >= 15 is 0 Å². The molecule has 0 bridgehead atoms. The summed E-state index contributed by atoms with van der Waals surface area (Å²) in [6.07, 6.45) is 1.61. The number of hydrogen-bond donors (Lipinski definition) is 1. The van der Waals surface area contributed by atoms with E-state index in [2.05, 4.69) is 15.3 Å². The summed E-state index contributed by atoms with van der Waals surface area (Å²) in [6, 6.07) is 12.8. The molecule has 3 aromatic heterocycles. The first-order valence-electron chi connectivity index (χ1n) is 9.56. The Morgan fingerprint density at radius 1 is 1.16 bits per heavy atom. The maximum atomic E-state index is 12.6. The molecular weight excluding hydrogens is 432 g/mol. The van der Waals surface area contributed by atoms with Crippen molar-refractivity contribution in [1.82, 2.24) is 19.9 Å². The van der Waals surface area contributed by atoms with E-state index in [9.17, 15) is 9.59 Å². The average Bonchev–Trinajstić information content (AvgIpc) is 3.36. The van der Waals surface area contributed by atoms with Gasteiger partial charge in [0.05, 0.1) is 16.4 Å². The number of aryl methyl sites for hydroxylation is 2. The summed E-state index contributed by atoms with van der Waals surface area (Å²) in [5.74, 6) is 0.248. The molecule has 1 amide bonds. The van der Waals surface area contributed by atoms with E-state index in [1.165, 1.54) is 22.0 Å². The first-order valence-corrected chi connectivity index (χ1v) is 11.3. The Balaban J connectivity index is 1.45. The van der Waals surface area contributed by atoms with Gasteiger partial charge in [0.2, 0.25) is 0 Å². The Kier molecular flexibility index (Phi) is 6.24. The molecule has 0 unspecified atom stereocenters. The van der Waals surface area contributed by atoms with Gasteiger partial charge in [0.1, 0.15) is 17.2 Å². The molecule has 0 aliphatic heterocycles. The third-order valence-corrected chi connectivity index (χ3v) is 6.42. The van der Waals surface area contributed by atoms with Crippen molar-refractivity contribution in [3.63, 3.8) is 0 Å². The van der Waals surface area contributed by atoms with Crippen molar-refractivity contribution in [3.05, 3.63) is 91.2 Å². The second-order valence-corrected chi connectivity index (χ2v) is 8.84. The molecule has 3 heterocycles. The molecule has 0 spiro atoms. The fourth-order valence-corrected chi connectivity index (χ4v) is 4.46. The lowest BCUT2D eigenvalue weighted by atomic mass is 10.2. The molecule has 0 saturated carbocycles. The van der Waals surface area contributed by atoms with Crippen LogP contribution < -0.4 is 15.6 Å². The molecule has 1 aromatic carbocycles. The van der Waals surface area contributed by atoms with Gasteiger partial charge in [-0.05, 0) is 25.5 Å². The molecule has 0 atom stereocenters. The van der Waals surface area contributed by atoms with Crippen LogP contribution in [0.2, 0.25) is 0 Å². The molecule has 0 fully saturated rings. The molecule has 7 nitrogen and oxygen atoms in total. The van der Waals surface area contributed by atoms with Crippen molar-refractivity contribution < 1.29 is 9.53 Å². The molecule has 0 radical (unpaired) electrons. The van der Waals surface area contributed by atoms with Gasteiger partial charge >= 0.3 is 0 Å². The second-order valence-electron chi connectivity index (χ2n) is 6.80. The third kappa shape index (κ3) is 5.07. The molecule has 0 saturated heterocycles. The number of amides is 1. The zero-order chi connectivity index (χ0) is 21.8. The van der Waals surface area contributed by atoms with E-state index in [1.54, 1.807) is 30.5 Å². The topological polar surface area (TPSA) is 86.1 Å². The van der Waals surface area contributed by atoms with Crippen molar-refractivity contribution in [2.75, 3.05) is 0 Å². The number of carbonyl (C=O) groups excluding carboxylic acids is 1. The first kappa shape index (κ1) is 21.0. The Labute approximate surface area is 187 Å².